The molecule has 2 fully saturated rings. The lowest BCUT2D eigenvalue weighted by molar-refractivity contribution is -0.153. The van der Waals surface area contributed by atoms with E-state index in [2.05, 4.69) is 19.2 Å². The van der Waals surface area contributed by atoms with Crippen LogP contribution in [0, 0.1) is 0 Å². The van der Waals surface area contributed by atoms with E-state index >= 15 is 0 Å². The molecule has 0 spiro atoms. The number of esters is 1. The second-order valence-electron chi connectivity index (χ2n) is 5.13. The van der Waals surface area contributed by atoms with Crippen LogP contribution in [0.5, 0.6) is 0 Å². The first kappa shape index (κ1) is 10.7. The van der Waals surface area contributed by atoms with Crippen molar-refractivity contribution in [1.29, 1.82) is 0 Å². The van der Waals surface area contributed by atoms with Crippen molar-refractivity contribution in [2.75, 3.05) is 0 Å². The quantitative estimate of drug-likeness (QED) is 0.495. The Balaban J connectivity index is 2.38. The van der Waals surface area contributed by atoms with Crippen LogP contribution in [0.15, 0.2) is 0 Å². The first-order valence-electron chi connectivity index (χ1n) is 5.10. The van der Waals surface area contributed by atoms with Crippen LogP contribution < -0.4 is 5.32 Å². The summed E-state index contributed by atoms with van der Waals surface area (Å²) >= 11 is 5.28. The maximum atomic E-state index is 11.6. The topological polar surface area (TPSA) is 41.6 Å². The van der Waals surface area contributed by atoms with E-state index in [0.717, 1.165) is 6.42 Å². The molecule has 2 saturated heterocycles. The number of fused-ring (bicyclic) bond motifs is 1. The van der Waals surface area contributed by atoms with Crippen molar-refractivity contribution in [3.63, 3.8) is 0 Å². The van der Waals surface area contributed by atoms with Crippen LogP contribution in [-0.4, -0.2) is 33.3 Å². The smallest absolute Gasteiger partial charge is 0.330 e. The minimum Gasteiger partial charge on any atom is -0.437 e. The highest BCUT2D eigenvalue weighted by molar-refractivity contribution is 7.80. The molecule has 0 aromatic heterocycles. The van der Waals surface area contributed by atoms with Gasteiger partial charge in [0.2, 0.25) is 0 Å². The van der Waals surface area contributed by atoms with Crippen LogP contribution >= 0.6 is 12.2 Å². The Morgan fingerprint density at radius 3 is 2.73 bits per heavy atom. The molecule has 84 valence electrons. The van der Waals surface area contributed by atoms with Gasteiger partial charge in [-0.1, -0.05) is 0 Å². The first-order chi connectivity index (χ1) is 6.75. The molecule has 2 rings (SSSR count). The van der Waals surface area contributed by atoms with Crippen molar-refractivity contribution in [2.45, 2.75) is 51.4 Å². The maximum absolute atomic E-state index is 11.6. The molecule has 2 atom stereocenters. The summed E-state index contributed by atoms with van der Waals surface area (Å²) in [7, 11) is 0. The number of thiocarbonyl (C=S) groups is 1. The number of hydrogen-bond donors (Lipinski definition) is 1. The Labute approximate surface area is 95.0 Å². The molecule has 0 amide bonds. The number of rotatable bonds is 0. The van der Waals surface area contributed by atoms with Gasteiger partial charge >= 0.3 is 5.97 Å². The van der Waals surface area contributed by atoms with Crippen LogP contribution in [-0.2, 0) is 9.53 Å². The summed E-state index contributed by atoms with van der Waals surface area (Å²) in [4.78, 5) is 13.4. The van der Waals surface area contributed by atoms with E-state index in [4.69, 9.17) is 17.0 Å². The predicted molar refractivity (Wildman–Crippen MR) is 60.2 cm³/mol. The molecular weight excluding hydrogens is 212 g/mol. The van der Waals surface area contributed by atoms with Gasteiger partial charge in [-0.3, -0.25) is 4.90 Å². The summed E-state index contributed by atoms with van der Waals surface area (Å²) in [6.45, 7) is 7.85. The van der Waals surface area contributed by atoms with E-state index < -0.39 is 5.72 Å². The zero-order chi connectivity index (χ0) is 11.4. The van der Waals surface area contributed by atoms with Gasteiger partial charge in [0.1, 0.15) is 6.04 Å². The lowest BCUT2D eigenvalue weighted by atomic mass is 9.90. The van der Waals surface area contributed by atoms with E-state index in [1.807, 2.05) is 18.7 Å². The number of nitrogens with one attached hydrogen (secondary N) is 1. The third-order valence-corrected chi connectivity index (χ3v) is 3.29. The van der Waals surface area contributed by atoms with Gasteiger partial charge in [0.25, 0.3) is 0 Å². The lowest BCUT2D eigenvalue weighted by Crippen LogP contribution is -2.65. The monoisotopic (exact) mass is 228 g/mol. The fourth-order valence-electron chi connectivity index (χ4n) is 2.59. The zero-order valence-corrected chi connectivity index (χ0v) is 10.3. The van der Waals surface area contributed by atoms with E-state index in [1.54, 1.807) is 0 Å². The minimum atomic E-state index is -0.581. The van der Waals surface area contributed by atoms with Crippen LogP contribution in [0.25, 0.3) is 0 Å². The summed E-state index contributed by atoms with van der Waals surface area (Å²) in [5, 5.41) is 3.83. The van der Waals surface area contributed by atoms with Crippen molar-refractivity contribution in [1.82, 2.24) is 10.2 Å². The van der Waals surface area contributed by atoms with Gasteiger partial charge in [-0.2, -0.15) is 0 Å². The Kier molecular flexibility index (Phi) is 2.02. The van der Waals surface area contributed by atoms with E-state index in [1.165, 1.54) is 0 Å². The molecule has 0 saturated carbocycles. The molecule has 2 aliphatic rings. The average molecular weight is 228 g/mol. The van der Waals surface area contributed by atoms with Gasteiger partial charge in [-0.05, 0) is 39.9 Å². The predicted octanol–water partition coefficient (Wildman–Crippen LogP) is 1.01. The summed E-state index contributed by atoms with van der Waals surface area (Å²) in [5.41, 5.74) is -0.713. The molecule has 2 unspecified atom stereocenters. The number of carbonyl (C=O) groups excluding carboxylic acids is 1. The molecule has 0 aromatic rings. The second kappa shape index (κ2) is 2.84. The van der Waals surface area contributed by atoms with Crippen molar-refractivity contribution in [3.8, 4) is 0 Å². The third-order valence-electron chi connectivity index (χ3n) is 2.99. The Hall–Kier alpha value is -0.840. The molecule has 4 nitrogen and oxygen atoms in total. The van der Waals surface area contributed by atoms with Gasteiger partial charge in [0, 0.05) is 12.0 Å². The molecule has 1 N–H and O–H groups in total. The zero-order valence-electron chi connectivity index (χ0n) is 9.46. The first-order valence-corrected chi connectivity index (χ1v) is 5.50. The van der Waals surface area contributed by atoms with Gasteiger partial charge < -0.3 is 10.1 Å². The molecule has 15 heavy (non-hydrogen) atoms. The van der Waals surface area contributed by atoms with Gasteiger partial charge in [-0.25, -0.2) is 4.79 Å². The summed E-state index contributed by atoms with van der Waals surface area (Å²) < 4.78 is 5.43. The van der Waals surface area contributed by atoms with Gasteiger partial charge in [-0.15, -0.1) is 0 Å². The molecular formula is C10H16N2O2S. The SMILES string of the molecule is CC1C(=O)OC2(C)CC(C)(C)NC(=S)N12. The van der Waals surface area contributed by atoms with Crippen LogP contribution in [0.4, 0.5) is 0 Å². The fraction of sp³-hybridized carbons (Fsp3) is 0.800. The number of ether oxygens (including phenoxy) is 1. The van der Waals surface area contributed by atoms with Crippen LogP contribution in [0.3, 0.4) is 0 Å². The largest absolute Gasteiger partial charge is 0.437 e. The normalized spacial score (nSPS) is 38.4. The molecule has 2 aliphatic heterocycles. The van der Waals surface area contributed by atoms with E-state index in [-0.39, 0.29) is 17.6 Å². The Morgan fingerprint density at radius 2 is 2.13 bits per heavy atom. The van der Waals surface area contributed by atoms with E-state index in [0.29, 0.717) is 5.11 Å². The summed E-state index contributed by atoms with van der Waals surface area (Å²) in [5.74, 6) is -0.195. The standard InChI is InChI=1S/C10H16N2O2S/c1-6-7(13)14-10(4)5-9(2,3)11-8(15)12(6)10/h6H,5H2,1-4H3,(H,11,15). The second-order valence-corrected chi connectivity index (χ2v) is 5.52. The fourth-order valence-corrected chi connectivity index (χ4v) is 3.22. The number of carbonyl (C=O) groups is 1. The van der Waals surface area contributed by atoms with Gasteiger partial charge in [0.05, 0.1) is 0 Å². The number of hydrogen-bond acceptors (Lipinski definition) is 3. The summed E-state index contributed by atoms with van der Waals surface area (Å²) in [6.07, 6.45) is 0.732. The van der Waals surface area contributed by atoms with Crippen molar-refractivity contribution in [3.05, 3.63) is 0 Å². The Bertz CT molecular complexity index is 342. The van der Waals surface area contributed by atoms with Crippen molar-refractivity contribution < 1.29 is 9.53 Å². The minimum absolute atomic E-state index is 0.132. The Morgan fingerprint density at radius 1 is 1.53 bits per heavy atom. The van der Waals surface area contributed by atoms with Crippen molar-refractivity contribution >= 4 is 23.3 Å². The average Bonchev–Trinajstić information content (AvgIpc) is 2.18. The lowest BCUT2D eigenvalue weighted by Gasteiger charge is -2.47. The highest BCUT2D eigenvalue weighted by atomic mass is 32.1. The molecule has 0 aliphatic carbocycles. The highest BCUT2D eigenvalue weighted by Gasteiger charge is 2.55. The highest BCUT2D eigenvalue weighted by Crippen LogP contribution is 2.38. The molecule has 2 heterocycles. The summed E-state index contributed by atoms with van der Waals surface area (Å²) in [6, 6.07) is -0.286. The molecule has 0 aromatic carbocycles. The molecule has 5 heteroatoms. The van der Waals surface area contributed by atoms with Crippen LogP contribution in [0.1, 0.15) is 34.1 Å². The van der Waals surface area contributed by atoms with Gasteiger partial charge in [0.15, 0.2) is 10.8 Å². The molecule has 0 bridgehead atoms. The van der Waals surface area contributed by atoms with Crippen LogP contribution in [0.2, 0.25) is 0 Å². The third kappa shape index (κ3) is 1.49. The van der Waals surface area contributed by atoms with E-state index in [9.17, 15) is 4.79 Å². The van der Waals surface area contributed by atoms with Crippen molar-refractivity contribution in [2.24, 2.45) is 0 Å². The number of nitrogens with zero attached hydrogens (tertiary/aromatic N) is 1. The molecule has 0 radical (unpaired) electrons. The maximum Gasteiger partial charge on any atom is 0.330 e.